The van der Waals surface area contributed by atoms with Gasteiger partial charge in [-0.1, -0.05) is 29.3 Å². The molecule has 1 aromatic carbocycles. The fourth-order valence-electron chi connectivity index (χ4n) is 2.01. The van der Waals surface area contributed by atoms with Crippen molar-refractivity contribution in [2.45, 2.75) is 25.3 Å². The number of amides is 1. The van der Waals surface area contributed by atoms with E-state index in [4.69, 9.17) is 28.3 Å². The van der Waals surface area contributed by atoms with Crippen LogP contribution in [0.3, 0.4) is 0 Å². The molecule has 2 N–H and O–H groups in total. The van der Waals surface area contributed by atoms with E-state index in [9.17, 15) is 9.59 Å². The van der Waals surface area contributed by atoms with Crippen LogP contribution in [0.5, 0.6) is 0 Å². The van der Waals surface area contributed by atoms with Crippen molar-refractivity contribution < 1.29 is 14.7 Å². The molecule has 1 fully saturated rings. The van der Waals surface area contributed by atoms with E-state index in [2.05, 4.69) is 5.32 Å². The van der Waals surface area contributed by atoms with Gasteiger partial charge in [0.1, 0.15) is 6.04 Å². The third kappa shape index (κ3) is 3.19. The molecule has 1 aromatic rings. The molecule has 0 bridgehead atoms. The molecule has 2 rings (SSSR count). The standard InChI is InChI=1S/C13H13Cl2NO3/c1-6(13(18)19)16-12(17)10-5-9(10)8-3-2-7(14)4-11(8)15/h2-4,6,9-10H,5H2,1H3,(H,16,17)(H,18,19)/t6-,9?,10?/m0/s1. The normalized spacial score (nSPS) is 22.7. The highest BCUT2D eigenvalue weighted by molar-refractivity contribution is 6.35. The molecule has 0 radical (unpaired) electrons. The Morgan fingerprint density at radius 2 is 2.11 bits per heavy atom. The first-order valence-electron chi connectivity index (χ1n) is 5.88. The first-order valence-corrected chi connectivity index (χ1v) is 6.64. The number of aliphatic carboxylic acids is 1. The minimum absolute atomic E-state index is 0.0470. The van der Waals surface area contributed by atoms with Crippen LogP contribution in [0, 0.1) is 5.92 Å². The maximum atomic E-state index is 11.8. The lowest BCUT2D eigenvalue weighted by atomic mass is 10.1. The Labute approximate surface area is 120 Å². The van der Waals surface area contributed by atoms with Crippen molar-refractivity contribution in [2.24, 2.45) is 5.92 Å². The summed E-state index contributed by atoms with van der Waals surface area (Å²) in [5, 5.41) is 12.3. The molecule has 19 heavy (non-hydrogen) atoms. The van der Waals surface area contributed by atoms with Gasteiger partial charge in [0.05, 0.1) is 0 Å². The van der Waals surface area contributed by atoms with E-state index in [1.54, 1.807) is 12.1 Å². The monoisotopic (exact) mass is 301 g/mol. The average Bonchev–Trinajstić information content (AvgIpc) is 3.08. The van der Waals surface area contributed by atoms with Crippen LogP contribution in [-0.4, -0.2) is 23.0 Å². The van der Waals surface area contributed by atoms with Crippen molar-refractivity contribution in [3.05, 3.63) is 33.8 Å². The number of benzene rings is 1. The van der Waals surface area contributed by atoms with Crippen LogP contribution in [-0.2, 0) is 9.59 Å². The number of carboxylic acids is 1. The van der Waals surface area contributed by atoms with Gasteiger partial charge >= 0.3 is 5.97 Å². The van der Waals surface area contributed by atoms with Gasteiger partial charge in [-0.3, -0.25) is 9.59 Å². The zero-order valence-electron chi connectivity index (χ0n) is 10.2. The lowest BCUT2D eigenvalue weighted by molar-refractivity contribution is -0.141. The van der Waals surface area contributed by atoms with Crippen LogP contribution >= 0.6 is 23.2 Å². The van der Waals surface area contributed by atoms with Crippen molar-refractivity contribution in [1.29, 1.82) is 0 Å². The van der Waals surface area contributed by atoms with E-state index in [1.165, 1.54) is 6.92 Å². The van der Waals surface area contributed by atoms with Gasteiger partial charge in [0.25, 0.3) is 0 Å². The molecule has 6 heteroatoms. The molecule has 1 aliphatic rings. The average molecular weight is 302 g/mol. The molecule has 3 atom stereocenters. The third-order valence-corrected chi connectivity index (χ3v) is 3.78. The highest BCUT2D eigenvalue weighted by Gasteiger charge is 2.45. The molecule has 1 amide bonds. The van der Waals surface area contributed by atoms with Gasteiger partial charge in [-0.05, 0) is 37.0 Å². The largest absolute Gasteiger partial charge is 0.480 e. The van der Waals surface area contributed by atoms with Crippen molar-refractivity contribution >= 4 is 35.1 Å². The van der Waals surface area contributed by atoms with Gasteiger partial charge in [-0.25, -0.2) is 0 Å². The molecule has 0 saturated heterocycles. The van der Waals surface area contributed by atoms with Gasteiger partial charge < -0.3 is 10.4 Å². The minimum Gasteiger partial charge on any atom is -0.480 e. The van der Waals surface area contributed by atoms with E-state index in [0.717, 1.165) is 5.56 Å². The van der Waals surface area contributed by atoms with Crippen molar-refractivity contribution in [2.75, 3.05) is 0 Å². The predicted octanol–water partition coefficient (Wildman–Crippen LogP) is 2.69. The summed E-state index contributed by atoms with van der Waals surface area (Å²) in [5.74, 6) is -1.45. The maximum Gasteiger partial charge on any atom is 0.325 e. The molecule has 1 saturated carbocycles. The van der Waals surface area contributed by atoms with Gasteiger partial charge in [-0.15, -0.1) is 0 Å². The Balaban J connectivity index is 2.00. The summed E-state index contributed by atoms with van der Waals surface area (Å²) in [5.41, 5.74) is 0.884. The summed E-state index contributed by atoms with van der Waals surface area (Å²) in [6.07, 6.45) is 0.680. The molecule has 0 spiro atoms. The number of nitrogens with one attached hydrogen (secondary N) is 1. The first kappa shape index (κ1) is 14.2. The number of carboxylic acid groups (broad SMARTS) is 1. The molecule has 0 aliphatic heterocycles. The van der Waals surface area contributed by atoms with E-state index >= 15 is 0 Å². The van der Waals surface area contributed by atoms with Crippen LogP contribution in [0.4, 0.5) is 0 Å². The summed E-state index contributed by atoms with van der Waals surface area (Å²) in [6, 6.07) is 4.31. The van der Waals surface area contributed by atoms with Gasteiger partial charge in [-0.2, -0.15) is 0 Å². The molecule has 2 unspecified atom stereocenters. The second kappa shape index (κ2) is 5.39. The van der Waals surface area contributed by atoms with E-state index in [1.807, 2.05) is 6.07 Å². The second-order valence-corrected chi connectivity index (χ2v) is 5.53. The summed E-state index contributed by atoms with van der Waals surface area (Å²) in [4.78, 5) is 22.5. The molecule has 1 aliphatic carbocycles. The number of carbonyl (C=O) groups excluding carboxylic acids is 1. The predicted molar refractivity (Wildman–Crippen MR) is 72.6 cm³/mol. The smallest absolute Gasteiger partial charge is 0.325 e. The van der Waals surface area contributed by atoms with Crippen LogP contribution < -0.4 is 5.32 Å². The minimum atomic E-state index is -1.05. The number of halogens is 2. The highest BCUT2D eigenvalue weighted by Crippen LogP contribution is 2.50. The number of hydrogen-bond donors (Lipinski definition) is 2. The first-order chi connectivity index (χ1) is 8.90. The van der Waals surface area contributed by atoms with Crippen molar-refractivity contribution in [3.8, 4) is 0 Å². The lowest BCUT2D eigenvalue weighted by Crippen LogP contribution is -2.39. The Morgan fingerprint density at radius 1 is 1.42 bits per heavy atom. The Kier molecular flexibility index (Phi) is 4.02. The molecule has 4 nitrogen and oxygen atoms in total. The lowest BCUT2D eigenvalue weighted by Gasteiger charge is -2.09. The van der Waals surface area contributed by atoms with E-state index in [-0.39, 0.29) is 17.7 Å². The fraction of sp³-hybridized carbons (Fsp3) is 0.385. The number of carbonyl (C=O) groups is 2. The van der Waals surface area contributed by atoms with Crippen LogP contribution in [0.2, 0.25) is 10.0 Å². The van der Waals surface area contributed by atoms with Gasteiger partial charge in [0.2, 0.25) is 5.91 Å². The summed E-state index contributed by atoms with van der Waals surface area (Å²) >= 11 is 11.9. The van der Waals surface area contributed by atoms with E-state index in [0.29, 0.717) is 16.5 Å². The van der Waals surface area contributed by atoms with Crippen LogP contribution in [0.15, 0.2) is 18.2 Å². The molecular formula is C13H13Cl2NO3. The van der Waals surface area contributed by atoms with Crippen LogP contribution in [0.1, 0.15) is 24.8 Å². The summed E-state index contributed by atoms with van der Waals surface area (Å²) in [6.45, 7) is 1.44. The van der Waals surface area contributed by atoms with Crippen molar-refractivity contribution in [3.63, 3.8) is 0 Å². The highest BCUT2D eigenvalue weighted by atomic mass is 35.5. The zero-order valence-corrected chi connectivity index (χ0v) is 11.7. The molecule has 0 aromatic heterocycles. The Bertz CT molecular complexity index is 533. The second-order valence-electron chi connectivity index (χ2n) is 4.68. The number of rotatable bonds is 4. The molecular weight excluding hydrogens is 289 g/mol. The Hall–Kier alpha value is -1.26. The number of hydrogen-bond acceptors (Lipinski definition) is 2. The van der Waals surface area contributed by atoms with Gasteiger partial charge in [0.15, 0.2) is 0 Å². The van der Waals surface area contributed by atoms with Crippen LogP contribution in [0.25, 0.3) is 0 Å². The van der Waals surface area contributed by atoms with E-state index < -0.39 is 12.0 Å². The van der Waals surface area contributed by atoms with Crippen molar-refractivity contribution in [1.82, 2.24) is 5.32 Å². The summed E-state index contributed by atoms with van der Waals surface area (Å²) < 4.78 is 0. The maximum absolute atomic E-state index is 11.8. The third-order valence-electron chi connectivity index (χ3n) is 3.22. The topological polar surface area (TPSA) is 66.4 Å². The molecule has 102 valence electrons. The summed E-state index contributed by atoms with van der Waals surface area (Å²) in [7, 11) is 0. The van der Waals surface area contributed by atoms with Gasteiger partial charge in [0, 0.05) is 16.0 Å². The Morgan fingerprint density at radius 3 is 2.68 bits per heavy atom. The fourth-order valence-corrected chi connectivity index (χ4v) is 2.56. The zero-order chi connectivity index (χ0) is 14.2. The SMILES string of the molecule is C[C@H](NC(=O)C1CC1c1ccc(Cl)cc1Cl)C(=O)O. The quantitative estimate of drug-likeness (QED) is 0.898. The molecule has 0 heterocycles.